The predicted molar refractivity (Wildman–Crippen MR) is 86.2 cm³/mol. The number of pyridine rings is 1. The third-order valence-electron chi connectivity index (χ3n) is 2.87. The number of fused-ring (bicyclic) bond motifs is 1. The second kappa shape index (κ2) is 4.66. The fourth-order valence-electron chi connectivity index (χ4n) is 1.95. The molecule has 0 saturated heterocycles. The Balaban J connectivity index is 2.26. The van der Waals surface area contributed by atoms with Crippen molar-refractivity contribution in [3.05, 3.63) is 56.3 Å². The van der Waals surface area contributed by atoms with Gasteiger partial charge in [0.15, 0.2) is 0 Å². The van der Waals surface area contributed by atoms with Crippen LogP contribution in [0.25, 0.3) is 16.7 Å². The highest BCUT2D eigenvalue weighted by Crippen LogP contribution is 2.26. The lowest BCUT2D eigenvalue weighted by atomic mass is 10.2. The van der Waals surface area contributed by atoms with Gasteiger partial charge in [0.1, 0.15) is 5.65 Å². The van der Waals surface area contributed by atoms with Gasteiger partial charge in [0.2, 0.25) is 0 Å². The Morgan fingerprint density at radius 2 is 1.94 bits per heavy atom. The zero-order valence-electron chi connectivity index (χ0n) is 9.69. The van der Waals surface area contributed by atoms with Crippen LogP contribution in [0.15, 0.2) is 47.2 Å². The highest BCUT2D eigenvalue weighted by Gasteiger charge is 2.09. The molecule has 0 radical (unpaired) electrons. The Labute approximate surface area is 127 Å². The maximum absolute atomic E-state index is 4.51. The molecule has 3 rings (SSSR count). The first-order valence-electron chi connectivity index (χ1n) is 5.54. The van der Waals surface area contributed by atoms with Crippen LogP contribution in [0.5, 0.6) is 0 Å². The first kappa shape index (κ1) is 12.2. The number of halogens is 2. The van der Waals surface area contributed by atoms with Gasteiger partial charge in [-0.3, -0.25) is 0 Å². The highest BCUT2D eigenvalue weighted by atomic mass is 127. The summed E-state index contributed by atoms with van der Waals surface area (Å²) in [5.74, 6) is 0. The zero-order chi connectivity index (χ0) is 12.7. The van der Waals surface area contributed by atoms with Crippen LogP contribution < -0.4 is 0 Å². The summed E-state index contributed by atoms with van der Waals surface area (Å²) in [6, 6.07) is 10.6. The standard InChI is InChI=1S/C14H10BrIN2/c1-9-2-4-11(5-3-9)18-8-13(16)12-6-10(15)7-17-14(12)18/h2-8H,1H3. The van der Waals surface area contributed by atoms with E-state index in [0.29, 0.717) is 0 Å². The Morgan fingerprint density at radius 1 is 1.22 bits per heavy atom. The van der Waals surface area contributed by atoms with E-state index in [4.69, 9.17) is 0 Å². The molecule has 0 aliphatic rings. The van der Waals surface area contributed by atoms with Crippen molar-refractivity contribution >= 4 is 49.6 Å². The molecule has 4 heteroatoms. The molecular formula is C14H10BrIN2. The first-order chi connectivity index (χ1) is 8.65. The van der Waals surface area contributed by atoms with Gasteiger partial charge in [-0.1, -0.05) is 17.7 Å². The Hall–Kier alpha value is -0.880. The monoisotopic (exact) mass is 412 g/mol. The van der Waals surface area contributed by atoms with Crippen LogP contribution in [0.1, 0.15) is 5.56 Å². The quantitative estimate of drug-likeness (QED) is 0.529. The maximum atomic E-state index is 4.51. The summed E-state index contributed by atoms with van der Waals surface area (Å²) in [4.78, 5) is 4.51. The normalized spacial score (nSPS) is 11.1. The molecular weight excluding hydrogens is 403 g/mol. The summed E-state index contributed by atoms with van der Waals surface area (Å²) < 4.78 is 4.34. The first-order valence-corrected chi connectivity index (χ1v) is 7.41. The molecule has 2 nitrogen and oxygen atoms in total. The zero-order valence-corrected chi connectivity index (χ0v) is 13.4. The second-order valence-electron chi connectivity index (χ2n) is 4.21. The molecule has 0 N–H and O–H groups in total. The largest absolute Gasteiger partial charge is 0.300 e. The second-order valence-corrected chi connectivity index (χ2v) is 6.29. The number of hydrogen-bond donors (Lipinski definition) is 0. The van der Waals surface area contributed by atoms with Gasteiger partial charge in [-0.05, 0) is 63.6 Å². The summed E-state index contributed by atoms with van der Waals surface area (Å²) in [6.45, 7) is 2.09. The molecule has 1 aromatic carbocycles. The molecule has 0 amide bonds. The molecule has 0 spiro atoms. The fraction of sp³-hybridized carbons (Fsp3) is 0.0714. The average Bonchev–Trinajstić information content (AvgIpc) is 2.68. The number of rotatable bonds is 1. The van der Waals surface area contributed by atoms with E-state index in [9.17, 15) is 0 Å². The smallest absolute Gasteiger partial charge is 0.145 e. The lowest BCUT2D eigenvalue weighted by Gasteiger charge is -2.04. The maximum Gasteiger partial charge on any atom is 0.145 e. The summed E-state index contributed by atoms with van der Waals surface area (Å²) in [5, 5.41) is 1.17. The van der Waals surface area contributed by atoms with Gasteiger partial charge in [-0.2, -0.15) is 0 Å². The molecule has 0 unspecified atom stereocenters. The van der Waals surface area contributed by atoms with Crippen molar-refractivity contribution in [1.82, 2.24) is 9.55 Å². The van der Waals surface area contributed by atoms with Crippen molar-refractivity contribution in [3.8, 4) is 5.69 Å². The van der Waals surface area contributed by atoms with Gasteiger partial charge in [-0.15, -0.1) is 0 Å². The number of benzene rings is 1. The molecule has 90 valence electrons. The van der Waals surface area contributed by atoms with E-state index < -0.39 is 0 Å². The lowest BCUT2D eigenvalue weighted by Crippen LogP contribution is -1.93. The minimum atomic E-state index is 0.992. The Bertz CT molecular complexity index is 716. The van der Waals surface area contributed by atoms with Crippen molar-refractivity contribution in [2.75, 3.05) is 0 Å². The number of nitrogens with zero attached hydrogens (tertiary/aromatic N) is 2. The van der Waals surface area contributed by atoms with E-state index in [-0.39, 0.29) is 0 Å². The molecule has 0 aliphatic carbocycles. The summed E-state index contributed by atoms with van der Waals surface area (Å²) in [7, 11) is 0. The molecule has 2 heterocycles. The van der Waals surface area contributed by atoms with Crippen LogP contribution in [-0.4, -0.2) is 9.55 Å². The van der Waals surface area contributed by atoms with Gasteiger partial charge >= 0.3 is 0 Å². The van der Waals surface area contributed by atoms with Gasteiger partial charge in [-0.25, -0.2) is 4.98 Å². The molecule has 3 aromatic rings. The summed E-state index contributed by atoms with van der Waals surface area (Å²) >= 11 is 5.81. The Kier molecular flexibility index (Phi) is 3.15. The van der Waals surface area contributed by atoms with E-state index in [1.54, 1.807) is 0 Å². The number of aromatic nitrogens is 2. The van der Waals surface area contributed by atoms with Crippen molar-refractivity contribution in [2.45, 2.75) is 6.92 Å². The predicted octanol–water partition coefficient (Wildman–Crippen LogP) is 4.70. The molecule has 2 aromatic heterocycles. The van der Waals surface area contributed by atoms with Crippen molar-refractivity contribution in [3.63, 3.8) is 0 Å². The van der Waals surface area contributed by atoms with Crippen LogP contribution >= 0.6 is 38.5 Å². The van der Waals surface area contributed by atoms with Crippen LogP contribution in [0.3, 0.4) is 0 Å². The van der Waals surface area contributed by atoms with Gasteiger partial charge in [0.25, 0.3) is 0 Å². The van der Waals surface area contributed by atoms with E-state index in [0.717, 1.165) is 15.8 Å². The topological polar surface area (TPSA) is 17.8 Å². The van der Waals surface area contributed by atoms with E-state index in [2.05, 4.69) is 91.5 Å². The van der Waals surface area contributed by atoms with Crippen molar-refractivity contribution in [1.29, 1.82) is 0 Å². The minimum Gasteiger partial charge on any atom is -0.300 e. The molecule has 0 atom stereocenters. The minimum absolute atomic E-state index is 0.992. The van der Waals surface area contributed by atoms with Gasteiger partial charge in [0, 0.05) is 31.5 Å². The lowest BCUT2D eigenvalue weighted by molar-refractivity contribution is 1.09. The van der Waals surface area contributed by atoms with Crippen LogP contribution in [-0.2, 0) is 0 Å². The number of hydrogen-bond acceptors (Lipinski definition) is 1. The molecule has 0 aliphatic heterocycles. The summed E-state index contributed by atoms with van der Waals surface area (Å²) in [5.41, 5.74) is 3.40. The molecule has 0 saturated carbocycles. The van der Waals surface area contributed by atoms with Gasteiger partial charge in [0.05, 0.1) is 0 Å². The average molecular weight is 413 g/mol. The van der Waals surface area contributed by atoms with E-state index >= 15 is 0 Å². The Morgan fingerprint density at radius 3 is 2.67 bits per heavy atom. The summed E-state index contributed by atoms with van der Waals surface area (Å²) in [6.07, 6.45) is 3.96. The third-order valence-corrected chi connectivity index (χ3v) is 4.17. The highest BCUT2D eigenvalue weighted by molar-refractivity contribution is 14.1. The fourth-order valence-corrected chi connectivity index (χ4v) is 2.95. The van der Waals surface area contributed by atoms with Crippen LogP contribution in [0.2, 0.25) is 0 Å². The van der Waals surface area contributed by atoms with E-state index in [1.807, 2.05) is 6.20 Å². The third kappa shape index (κ3) is 2.07. The number of aryl methyl sites for hydroxylation is 1. The van der Waals surface area contributed by atoms with Crippen molar-refractivity contribution in [2.24, 2.45) is 0 Å². The van der Waals surface area contributed by atoms with Crippen molar-refractivity contribution < 1.29 is 0 Å². The SMILES string of the molecule is Cc1ccc(-n2cc(I)c3cc(Br)cnc32)cc1. The van der Waals surface area contributed by atoms with Gasteiger partial charge < -0.3 is 4.57 Å². The molecule has 0 bridgehead atoms. The van der Waals surface area contributed by atoms with Crippen LogP contribution in [0, 0.1) is 10.5 Å². The molecule has 18 heavy (non-hydrogen) atoms. The van der Waals surface area contributed by atoms with E-state index in [1.165, 1.54) is 14.5 Å². The molecule has 0 fully saturated rings. The van der Waals surface area contributed by atoms with Crippen LogP contribution in [0.4, 0.5) is 0 Å².